The van der Waals surface area contributed by atoms with Crippen LogP contribution in [-0.2, 0) is 19.9 Å². The first-order valence-corrected chi connectivity index (χ1v) is 9.56. The molecule has 0 atom stereocenters. The average molecular weight is 369 g/mol. The van der Waals surface area contributed by atoms with Crippen molar-refractivity contribution in [3.8, 4) is 11.3 Å². The Bertz CT molecular complexity index is 1160. The maximum absolute atomic E-state index is 11.4. The van der Waals surface area contributed by atoms with Gasteiger partial charge in [-0.3, -0.25) is 0 Å². The summed E-state index contributed by atoms with van der Waals surface area (Å²) in [4.78, 5) is 11.4. The Balaban J connectivity index is 1.93. The molecule has 0 fully saturated rings. The second-order valence-corrected chi connectivity index (χ2v) is 7.14. The lowest BCUT2D eigenvalue weighted by atomic mass is 9.97. The number of rotatable bonds is 5. The Kier molecular flexibility index (Phi) is 4.74. The second kappa shape index (κ2) is 7.35. The monoisotopic (exact) mass is 369 g/mol. The lowest BCUT2D eigenvalue weighted by Crippen LogP contribution is -1.99. The fourth-order valence-electron chi connectivity index (χ4n) is 3.94. The van der Waals surface area contributed by atoms with Gasteiger partial charge in [-0.2, -0.15) is 0 Å². The number of aromatic carboxylic acids is 1. The Labute approximate surface area is 164 Å². The highest BCUT2D eigenvalue weighted by atomic mass is 16.4. The second-order valence-electron chi connectivity index (χ2n) is 7.14. The summed E-state index contributed by atoms with van der Waals surface area (Å²) in [5.41, 5.74) is 7.44. The van der Waals surface area contributed by atoms with Crippen LogP contribution in [0.25, 0.3) is 22.2 Å². The van der Waals surface area contributed by atoms with Gasteiger partial charge in [-0.25, -0.2) is 4.79 Å². The largest absolute Gasteiger partial charge is 0.478 e. The minimum absolute atomic E-state index is 0.326. The molecule has 1 aromatic heterocycles. The van der Waals surface area contributed by atoms with Crippen molar-refractivity contribution in [1.82, 2.24) is 4.57 Å². The van der Waals surface area contributed by atoms with Gasteiger partial charge in [0.1, 0.15) is 0 Å². The number of nitrogens with zero attached hydrogens (tertiary/aromatic N) is 1. The number of carboxylic acids is 1. The standard InChI is InChI=1S/C25H23NO2/c1-3-17-12-13-21-22(15-18-8-7-11-20(14-18)25(27)28)24(26(2)23(21)16-17)19-9-5-4-6-10-19/h4-14,16H,3,15H2,1-2H3,(H,27,28). The summed E-state index contributed by atoms with van der Waals surface area (Å²) in [6.07, 6.45) is 1.69. The molecule has 140 valence electrons. The molecule has 4 rings (SSSR count). The fraction of sp³-hybridized carbons (Fsp3) is 0.160. The molecule has 28 heavy (non-hydrogen) atoms. The van der Waals surface area contributed by atoms with Gasteiger partial charge in [-0.1, -0.05) is 61.5 Å². The molecular formula is C25H23NO2. The Morgan fingerprint density at radius 3 is 2.43 bits per heavy atom. The zero-order valence-electron chi connectivity index (χ0n) is 16.1. The molecule has 0 aliphatic heterocycles. The van der Waals surface area contributed by atoms with E-state index in [2.05, 4.69) is 61.0 Å². The molecule has 0 amide bonds. The summed E-state index contributed by atoms with van der Waals surface area (Å²) in [6.45, 7) is 2.17. The van der Waals surface area contributed by atoms with Crippen LogP contribution >= 0.6 is 0 Å². The van der Waals surface area contributed by atoms with Crippen molar-refractivity contribution in [3.05, 3.63) is 95.1 Å². The van der Waals surface area contributed by atoms with Crippen LogP contribution in [0, 0.1) is 0 Å². The molecule has 3 nitrogen and oxygen atoms in total. The highest BCUT2D eigenvalue weighted by Crippen LogP contribution is 2.35. The summed E-state index contributed by atoms with van der Waals surface area (Å²) in [5.74, 6) is -0.893. The van der Waals surface area contributed by atoms with Crippen LogP contribution in [0.2, 0.25) is 0 Å². The lowest BCUT2D eigenvalue weighted by molar-refractivity contribution is 0.0696. The maximum atomic E-state index is 11.4. The van der Waals surface area contributed by atoms with Crippen molar-refractivity contribution in [2.75, 3.05) is 0 Å². The Morgan fingerprint density at radius 2 is 1.71 bits per heavy atom. The van der Waals surface area contributed by atoms with Crippen LogP contribution in [0.3, 0.4) is 0 Å². The van der Waals surface area contributed by atoms with E-state index < -0.39 is 5.97 Å². The van der Waals surface area contributed by atoms with E-state index in [1.54, 1.807) is 12.1 Å². The molecule has 0 bridgehead atoms. The fourth-order valence-corrected chi connectivity index (χ4v) is 3.94. The third kappa shape index (κ3) is 3.20. The summed E-state index contributed by atoms with van der Waals surface area (Å²) in [7, 11) is 2.11. The summed E-state index contributed by atoms with van der Waals surface area (Å²) >= 11 is 0. The quantitative estimate of drug-likeness (QED) is 0.490. The van der Waals surface area contributed by atoms with E-state index in [-0.39, 0.29) is 0 Å². The highest BCUT2D eigenvalue weighted by molar-refractivity contribution is 5.93. The van der Waals surface area contributed by atoms with Gasteiger partial charge < -0.3 is 9.67 Å². The van der Waals surface area contributed by atoms with E-state index in [0.717, 1.165) is 12.0 Å². The van der Waals surface area contributed by atoms with E-state index in [9.17, 15) is 9.90 Å². The number of fused-ring (bicyclic) bond motifs is 1. The van der Waals surface area contributed by atoms with Crippen molar-refractivity contribution in [2.45, 2.75) is 19.8 Å². The topological polar surface area (TPSA) is 42.2 Å². The molecule has 0 radical (unpaired) electrons. The number of carbonyl (C=O) groups is 1. The predicted octanol–water partition coefficient (Wildman–Crippen LogP) is 5.70. The smallest absolute Gasteiger partial charge is 0.335 e. The summed E-state index contributed by atoms with van der Waals surface area (Å²) < 4.78 is 2.26. The molecule has 3 heteroatoms. The molecule has 0 saturated heterocycles. The SMILES string of the molecule is CCc1ccc2c(Cc3cccc(C(=O)O)c3)c(-c3ccccc3)n(C)c2c1. The molecule has 0 spiro atoms. The van der Waals surface area contributed by atoms with Crippen LogP contribution in [0.15, 0.2) is 72.8 Å². The van der Waals surface area contributed by atoms with Gasteiger partial charge in [0, 0.05) is 24.4 Å². The molecule has 0 saturated carbocycles. The van der Waals surface area contributed by atoms with Crippen LogP contribution in [0.4, 0.5) is 0 Å². The van der Waals surface area contributed by atoms with Crippen molar-refractivity contribution in [2.24, 2.45) is 7.05 Å². The minimum Gasteiger partial charge on any atom is -0.478 e. The molecule has 0 aliphatic rings. The van der Waals surface area contributed by atoms with E-state index in [1.807, 2.05) is 18.2 Å². The van der Waals surface area contributed by atoms with Crippen molar-refractivity contribution in [3.63, 3.8) is 0 Å². The van der Waals surface area contributed by atoms with Gasteiger partial charge in [-0.05, 0) is 46.9 Å². The van der Waals surface area contributed by atoms with Crippen molar-refractivity contribution >= 4 is 16.9 Å². The lowest BCUT2D eigenvalue weighted by Gasteiger charge is -2.09. The van der Waals surface area contributed by atoms with Crippen LogP contribution in [-0.4, -0.2) is 15.6 Å². The molecule has 3 aromatic carbocycles. The van der Waals surface area contributed by atoms with Crippen LogP contribution in [0.5, 0.6) is 0 Å². The molecular weight excluding hydrogens is 346 g/mol. The number of hydrogen-bond donors (Lipinski definition) is 1. The number of aromatic nitrogens is 1. The molecule has 0 unspecified atom stereocenters. The number of aryl methyl sites for hydroxylation is 2. The van der Waals surface area contributed by atoms with E-state index in [1.165, 1.54) is 33.3 Å². The van der Waals surface area contributed by atoms with Crippen LogP contribution < -0.4 is 0 Å². The van der Waals surface area contributed by atoms with Crippen molar-refractivity contribution in [1.29, 1.82) is 0 Å². The first-order valence-electron chi connectivity index (χ1n) is 9.56. The maximum Gasteiger partial charge on any atom is 0.335 e. The zero-order valence-corrected chi connectivity index (χ0v) is 16.1. The first kappa shape index (κ1) is 18.1. The van der Waals surface area contributed by atoms with Gasteiger partial charge in [0.25, 0.3) is 0 Å². The van der Waals surface area contributed by atoms with E-state index in [0.29, 0.717) is 12.0 Å². The van der Waals surface area contributed by atoms with Crippen LogP contribution in [0.1, 0.15) is 34.0 Å². The average Bonchev–Trinajstić information content (AvgIpc) is 3.00. The number of carboxylic acid groups (broad SMARTS) is 1. The highest BCUT2D eigenvalue weighted by Gasteiger charge is 2.17. The summed E-state index contributed by atoms with van der Waals surface area (Å²) in [6, 6.07) is 24.3. The summed E-state index contributed by atoms with van der Waals surface area (Å²) in [5, 5.41) is 10.6. The van der Waals surface area contributed by atoms with Gasteiger partial charge in [0.15, 0.2) is 0 Å². The molecule has 1 N–H and O–H groups in total. The number of hydrogen-bond acceptors (Lipinski definition) is 1. The van der Waals surface area contributed by atoms with Gasteiger partial charge in [-0.15, -0.1) is 0 Å². The van der Waals surface area contributed by atoms with E-state index >= 15 is 0 Å². The van der Waals surface area contributed by atoms with Gasteiger partial charge in [0.2, 0.25) is 0 Å². The first-order chi connectivity index (χ1) is 13.6. The molecule has 4 aromatic rings. The number of benzene rings is 3. The van der Waals surface area contributed by atoms with Crippen molar-refractivity contribution < 1.29 is 9.90 Å². The van der Waals surface area contributed by atoms with E-state index in [4.69, 9.17) is 0 Å². The Morgan fingerprint density at radius 1 is 0.929 bits per heavy atom. The minimum atomic E-state index is -0.893. The zero-order chi connectivity index (χ0) is 19.7. The molecule has 0 aliphatic carbocycles. The predicted molar refractivity (Wildman–Crippen MR) is 114 cm³/mol. The normalized spacial score (nSPS) is 11.1. The Hall–Kier alpha value is -3.33. The third-order valence-electron chi connectivity index (χ3n) is 5.38. The van der Waals surface area contributed by atoms with Gasteiger partial charge >= 0.3 is 5.97 Å². The molecule has 1 heterocycles. The third-order valence-corrected chi connectivity index (χ3v) is 5.38. The van der Waals surface area contributed by atoms with Gasteiger partial charge in [0.05, 0.1) is 11.3 Å².